The van der Waals surface area contributed by atoms with E-state index in [1.807, 2.05) is 42.5 Å². The molecule has 0 aliphatic rings. The summed E-state index contributed by atoms with van der Waals surface area (Å²) >= 11 is 0. The summed E-state index contributed by atoms with van der Waals surface area (Å²) in [4.78, 5) is 15.4. The van der Waals surface area contributed by atoms with Gasteiger partial charge in [-0.05, 0) is 96.4 Å². The Morgan fingerprint density at radius 1 is 0.288 bits per heavy atom. The quantitative estimate of drug-likeness (QED) is 0.164. The highest BCUT2D eigenvalue weighted by molar-refractivity contribution is 6.19. The van der Waals surface area contributed by atoms with Crippen LogP contribution < -0.4 is 0 Å². The fraction of sp³-hybridized carbons (Fsp3) is 0. The summed E-state index contributed by atoms with van der Waals surface area (Å²) in [6.45, 7) is 0. The molecule has 0 atom stereocenters. The van der Waals surface area contributed by atoms with Crippen LogP contribution in [0.4, 0.5) is 0 Å². The van der Waals surface area contributed by atoms with Crippen LogP contribution in [0.1, 0.15) is 0 Å². The fourth-order valence-electron chi connectivity index (χ4n) is 8.81. The lowest BCUT2D eigenvalue weighted by atomic mass is 9.91. The second-order valence-electron chi connectivity index (χ2n) is 15.2. The van der Waals surface area contributed by atoms with Gasteiger partial charge in [-0.3, -0.25) is 0 Å². The average molecular weight is 752 g/mol. The largest absolute Gasteiger partial charge is 0.455 e. The Kier molecular flexibility index (Phi) is 7.50. The zero-order valence-electron chi connectivity index (χ0n) is 31.8. The molecule has 12 rings (SSSR count). The Labute approximate surface area is 339 Å². The van der Waals surface area contributed by atoms with Crippen molar-refractivity contribution in [2.45, 2.75) is 0 Å². The molecule has 4 nitrogen and oxygen atoms in total. The molecular formula is C55H33N3O. The van der Waals surface area contributed by atoms with Crippen molar-refractivity contribution in [3.8, 4) is 56.4 Å². The van der Waals surface area contributed by atoms with Gasteiger partial charge in [0.05, 0.1) is 0 Å². The molecule has 0 saturated carbocycles. The summed E-state index contributed by atoms with van der Waals surface area (Å²) < 4.78 is 6.55. The number of rotatable bonds is 5. The number of nitrogens with zero attached hydrogens (tertiary/aromatic N) is 3. The Morgan fingerprint density at radius 3 is 1.76 bits per heavy atom. The predicted molar refractivity (Wildman–Crippen MR) is 244 cm³/mol. The van der Waals surface area contributed by atoms with Gasteiger partial charge in [0.1, 0.15) is 11.2 Å². The minimum atomic E-state index is 0.597. The van der Waals surface area contributed by atoms with Gasteiger partial charge >= 0.3 is 0 Å². The Balaban J connectivity index is 0.987. The molecule has 0 radical (unpaired) electrons. The smallest absolute Gasteiger partial charge is 0.164 e. The molecule has 59 heavy (non-hydrogen) atoms. The maximum absolute atomic E-state index is 6.55. The van der Waals surface area contributed by atoms with E-state index in [0.29, 0.717) is 17.5 Å². The van der Waals surface area contributed by atoms with Crippen molar-refractivity contribution in [1.82, 2.24) is 15.0 Å². The van der Waals surface area contributed by atoms with E-state index in [0.717, 1.165) is 60.5 Å². The molecule has 0 fully saturated rings. The van der Waals surface area contributed by atoms with Crippen molar-refractivity contribution < 1.29 is 4.42 Å². The van der Waals surface area contributed by atoms with E-state index >= 15 is 0 Å². The van der Waals surface area contributed by atoms with E-state index in [4.69, 9.17) is 19.4 Å². The molecule has 0 unspecified atom stereocenters. The molecule has 0 aliphatic heterocycles. The van der Waals surface area contributed by atoms with E-state index in [1.54, 1.807) is 0 Å². The summed E-state index contributed by atoms with van der Waals surface area (Å²) in [6.07, 6.45) is 0. The van der Waals surface area contributed by atoms with Crippen molar-refractivity contribution in [3.05, 3.63) is 200 Å². The van der Waals surface area contributed by atoms with Crippen LogP contribution in [0.15, 0.2) is 205 Å². The molecule has 0 spiro atoms. The van der Waals surface area contributed by atoms with E-state index in [2.05, 4.69) is 158 Å². The number of aromatic nitrogens is 3. The van der Waals surface area contributed by atoms with Gasteiger partial charge in [-0.15, -0.1) is 0 Å². The molecule has 12 aromatic rings. The highest BCUT2D eigenvalue weighted by Crippen LogP contribution is 2.40. The highest BCUT2D eigenvalue weighted by atomic mass is 16.3. The molecule has 0 bridgehead atoms. The molecule has 0 amide bonds. The lowest BCUT2D eigenvalue weighted by Gasteiger charge is -2.13. The lowest BCUT2D eigenvalue weighted by molar-refractivity contribution is 0.672. The van der Waals surface area contributed by atoms with E-state index in [9.17, 15) is 0 Å². The van der Waals surface area contributed by atoms with Gasteiger partial charge in [-0.1, -0.05) is 164 Å². The van der Waals surface area contributed by atoms with Gasteiger partial charge in [0.2, 0.25) is 0 Å². The van der Waals surface area contributed by atoms with Crippen LogP contribution in [0.5, 0.6) is 0 Å². The third kappa shape index (κ3) is 5.57. The normalized spacial score (nSPS) is 11.7. The van der Waals surface area contributed by atoms with Gasteiger partial charge in [0.25, 0.3) is 0 Å². The first-order valence-corrected chi connectivity index (χ1v) is 19.9. The third-order valence-electron chi connectivity index (χ3n) is 11.7. The zero-order valence-corrected chi connectivity index (χ0v) is 31.8. The summed E-state index contributed by atoms with van der Waals surface area (Å²) in [5.74, 6) is 1.82. The highest BCUT2D eigenvalue weighted by Gasteiger charge is 2.19. The maximum Gasteiger partial charge on any atom is 0.164 e. The van der Waals surface area contributed by atoms with Crippen LogP contribution in [0.2, 0.25) is 0 Å². The first kappa shape index (κ1) is 33.2. The summed E-state index contributed by atoms with van der Waals surface area (Å²) in [7, 11) is 0. The van der Waals surface area contributed by atoms with Crippen LogP contribution >= 0.6 is 0 Å². The minimum Gasteiger partial charge on any atom is -0.455 e. The average Bonchev–Trinajstić information content (AvgIpc) is 3.71. The number of hydrogen-bond donors (Lipinski definition) is 0. The summed E-state index contributed by atoms with van der Waals surface area (Å²) in [5.41, 5.74) is 9.05. The van der Waals surface area contributed by atoms with Gasteiger partial charge in [0.15, 0.2) is 17.5 Å². The molecular weight excluding hydrogens is 719 g/mol. The van der Waals surface area contributed by atoms with Crippen LogP contribution in [0.3, 0.4) is 0 Å². The van der Waals surface area contributed by atoms with Crippen molar-refractivity contribution in [1.29, 1.82) is 0 Å². The van der Waals surface area contributed by atoms with Gasteiger partial charge < -0.3 is 4.42 Å². The van der Waals surface area contributed by atoms with Crippen molar-refractivity contribution in [3.63, 3.8) is 0 Å². The lowest BCUT2D eigenvalue weighted by Crippen LogP contribution is -2.00. The van der Waals surface area contributed by atoms with E-state index < -0.39 is 0 Å². The molecule has 4 heteroatoms. The number of hydrogen-bond acceptors (Lipinski definition) is 4. The summed E-state index contributed by atoms with van der Waals surface area (Å²) in [5, 5.41) is 11.7. The Bertz CT molecular complexity index is 3620. The molecule has 0 saturated heterocycles. The SMILES string of the molecule is c1ccc(-c2nc(-c3cccc(-c4ccc5ccc(-c6cc7ccccc7c7ccccc67)cc5c4)c3)nc(-c3cccc4oc5c6ccccc6ccc5c34)n2)cc1. The van der Waals surface area contributed by atoms with Crippen molar-refractivity contribution >= 4 is 65.0 Å². The number of benzene rings is 10. The third-order valence-corrected chi connectivity index (χ3v) is 11.7. The monoisotopic (exact) mass is 751 g/mol. The first-order valence-electron chi connectivity index (χ1n) is 19.9. The predicted octanol–water partition coefficient (Wildman–Crippen LogP) is 14.7. The topological polar surface area (TPSA) is 51.8 Å². The van der Waals surface area contributed by atoms with Gasteiger partial charge in [0, 0.05) is 32.8 Å². The maximum atomic E-state index is 6.55. The number of furan rings is 1. The van der Waals surface area contributed by atoms with Crippen LogP contribution in [-0.4, -0.2) is 15.0 Å². The Hall–Kier alpha value is -7.95. The van der Waals surface area contributed by atoms with Gasteiger partial charge in [-0.25, -0.2) is 15.0 Å². The molecule has 274 valence electrons. The molecule has 0 aliphatic carbocycles. The number of fused-ring (bicyclic) bond motifs is 9. The molecule has 2 heterocycles. The van der Waals surface area contributed by atoms with Crippen molar-refractivity contribution in [2.24, 2.45) is 0 Å². The molecule has 2 aromatic heterocycles. The second kappa shape index (κ2) is 13.3. The van der Waals surface area contributed by atoms with E-state index in [1.165, 1.54) is 43.4 Å². The molecule has 0 N–H and O–H groups in total. The summed E-state index contributed by atoms with van der Waals surface area (Å²) in [6, 6.07) is 70.6. The Morgan fingerprint density at radius 2 is 0.898 bits per heavy atom. The fourth-order valence-corrected chi connectivity index (χ4v) is 8.81. The van der Waals surface area contributed by atoms with Crippen LogP contribution in [-0.2, 0) is 0 Å². The minimum absolute atomic E-state index is 0.597. The van der Waals surface area contributed by atoms with Crippen molar-refractivity contribution in [2.75, 3.05) is 0 Å². The standard InChI is InChI=1S/C55H33N3O/c1-2-13-36(14-3-1)53-56-54(58-55(57-53)48-22-11-23-50-51(48)47-29-28-35-12-4-7-19-44(35)52(47)59-50)41-17-10-16-37(30-41)38-26-24-34-25-27-40(32-42(34)31-38)49-33-39-15-5-6-18-43(39)45-20-8-9-21-46(45)49/h1-33H. The van der Waals surface area contributed by atoms with Crippen LogP contribution in [0, 0.1) is 0 Å². The molecule has 10 aromatic carbocycles. The van der Waals surface area contributed by atoms with E-state index in [-0.39, 0.29) is 0 Å². The van der Waals surface area contributed by atoms with Crippen LogP contribution in [0.25, 0.3) is 121 Å². The zero-order chi connectivity index (χ0) is 38.9. The first-order chi connectivity index (χ1) is 29.2. The van der Waals surface area contributed by atoms with Gasteiger partial charge in [-0.2, -0.15) is 0 Å². The second-order valence-corrected chi connectivity index (χ2v) is 15.2.